The Labute approximate surface area is 134 Å². The van der Waals surface area contributed by atoms with Crippen molar-refractivity contribution in [2.45, 2.75) is 19.4 Å². The van der Waals surface area contributed by atoms with Gasteiger partial charge >= 0.3 is 0 Å². The molecule has 0 aliphatic rings. The fourth-order valence-electron chi connectivity index (χ4n) is 2.00. The minimum atomic E-state index is -0.617. The van der Waals surface area contributed by atoms with Crippen LogP contribution < -0.4 is 10.1 Å². The molecule has 22 heavy (non-hydrogen) atoms. The number of benzene rings is 2. The lowest BCUT2D eigenvalue weighted by atomic mass is 9.94. The molecule has 3 nitrogen and oxygen atoms in total. The van der Waals surface area contributed by atoms with E-state index in [1.54, 1.807) is 36.4 Å². The summed E-state index contributed by atoms with van der Waals surface area (Å²) in [4.78, 5) is 12.0. The number of halogens is 2. The first-order chi connectivity index (χ1) is 10.4. The molecule has 0 aliphatic carbocycles. The topological polar surface area (TPSA) is 38.3 Å². The number of carbonyl (C=O) groups is 1. The van der Waals surface area contributed by atoms with Gasteiger partial charge in [-0.3, -0.25) is 4.79 Å². The van der Waals surface area contributed by atoms with E-state index in [2.05, 4.69) is 5.32 Å². The second kappa shape index (κ2) is 6.79. The summed E-state index contributed by atoms with van der Waals surface area (Å²) >= 11 is 5.78. The van der Waals surface area contributed by atoms with Crippen molar-refractivity contribution in [1.82, 2.24) is 5.32 Å². The quantitative estimate of drug-likeness (QED) is 0.906. The molecule has 0 aromatic heterocycles. The molecule has 0 bridgehead atoms. The van der Waals surface area contributed by atoms with Crippen LogP contribution in [0.4, 0.5) is 4.39 Å². The predicted octanol–water partition coefficient (Wildman–Crippen LogP) is 3.91. The normalized spacial score (nSPS) is 11.1. The second-order valence-corrected chi connectivity index (χ2v) is 5.86. The number of carbonyl (C=O) groups excluding carboxylic acids is 1. The summed E-state index contributed by atoms with van der Waals surface area (Å²) in [5.41, 5.74) is 0.197. The van der Waals surface area contributed by atoms with E-state index < -0.39 is 5.54 Å². The molecule has 0 unspecified atom stereocenters. The van der Waals surface area contributed by atoms with Gasteiger partial charge in [-0.15, -0.1) is 0 Å². The highest BCUT2D eigenvalue weighted by Crippen LogP contribution is 2.20. The molecule has 1 amide bonds. The molecule has 0 spiro atoms. The Bertz CT molecular complexity index is 639. The fourth-order valence-corrected chi connectivity index (χ4v) is 2.13. The maximum Gasteiger partial charge on any atom is 0.258 e. The average Bonchev–Trinajstić information content (AvgIpc) is 2.46. The van der Waals surface area contributed by atoms with Crippen LogP contribution in [-0.4, -0.2) is 12.5 Å². The summed E-state index contributed by atoms with van der Waals surface area (Å²) in [5.74, 6) is 0.000335. The van der Waals surface area contributed by atoms with Crippen molar-refractivity contribution in [2.24, 2.45) is 0 Å². The van der Waals surface area contributed by atoms with Crippen molar-refractivity contribution in [3.63, 3.8) is 0 Å². The third kappa shape index (κ3) is 4.46. The summed E-state index contributed by atoms with van der Waals surface area (Å²) in [6, 6.07) is 12.8. The molecule has 2 aromatic rings. The van der Waals surface area contributed by atoms with Crippen LogP contribution in [0.15, 0.2) is 48.5 Å². The summed E-state index contributed by atoms with van der Waals surface area (Å²) < 4.78 is 18.4. The van der Waals surface area contributed by atoms with E-state index in [0.29, 0.717) is 10.8 Å². The van der Waals surface area contributed by atoms with Crippen LogP contribution in [0.2, 0.25) is 5.02 Å². The second-order valence-electron chi connectivity index (χ2n) is 5.42. The molecule has 0 saturated heterocycles. The lowest BCUT2D eigenvalue weighted by molar-refractivity contribution is -0.124. The van der Waals surface area contributed by atoms with Crippen molar-refractivity contribution in [3.05, 3.63) is 64.9 Å². The van der Waals surface area contributed by atoms with Gasteiger partial charge in [-0.05, 0) is 55.8 Å². The lowest BCUT2D eigenvalue weighted by Crippen LogP contribution is -2.43. The van der Waals surface area contributed by atoms with Crippen molar-refractivity contribution in [1.29, 1.82) is 0 Å². The summed E-state index contributed by atoms with van der Waals surface area (Å²) in [7, 11) is 0. The first-order valence-electron chi connectivity index (χ1n) is 6.82. The number of hydrogen-bond donors (Lipinski definition) is 1. The minimum Gasteiger partial charge on any atom is -0.484 e. The molecular weight excluding hydrogens is 305 g/mol. The minimum absolute atomic E-state index is 0.105. The third-order valence-corrected chi connectivity index (χ3v) is 3.45. The zero-order valence-corrected chi connectivity index (χ0v) is 13.2. The van der Waals surface area contributed by atoms with E-state index in [4.69, 9.17) is 16.3 Å². The van der Waals surface area contributed by atoms with Crippen LogP contribution in [-0.2, 0) is 10.3 Å². The Balaban J connectivity index is 1.92. The monoisotopic (exact) mass is 321 g/mol. The Kier molecular flexibility index (Phi) is 5.03. The van der Waals surface area contributed by atoms with Crippen LogP contribution in [0.25, 0.3) is 0 Å². The van der Waals surface area contributed by atoms with E-state index in [-0.39, 0.29) is 18.3 Å². The van der Waals surface area contributed by atoms with Crippen LogP contribution in [0.3, 0.4) is 0 Å². The summed E-state index contributed by atoms with van der Waals surface area (Å²) in [6.45, 7) is 3.59. The Hall–Kier alpha value is -2.07. The molecule has 2 rings (SSSR count). The first-order valence-corrected chi connectivity index (χ1v) is 7.20. The molecule has 1 N–H and O–H groups in total. The standard InChI is InChI=1S/C17H17ClFNO2/c1-17(2,12-3-7-14(19)8-4-12)20-16(21)11-22-15-9-5-13(18)6-10-15/h3-10H,11H2,1-2H3,(H,20,21). The number of nitrogens with one attached hydrogen (secondary N) is 1. The van der Waals surface area contributed by atoms with E-state index in [0.717, 1.165) is 5.56 Å². The highest BCUT2D eigenvalue weighted by atomic mass is 35.5. The van der Waals surface area contributed by atoms with Crippen molar-refractivity contribution >= 4 is 17.5 Å². The predicted molar refractivity (Wildman–Crippen MR) is 84.5 cm³/mol. The number of rotatable bonds is 5. The van der Waals surface area contributed by atoms with E-state index in [1.807, 2.05) is 13.8 Å². The molecule has 5 heteroatoms. The maximum atomic E-state index is 13.0. The summed E-state index contributed by atoms with van der Waals surface area (Å²) in [6.07, 6.45) is 0. The molecule has 0 atom stereocenters. The van der Waals surface area contributed by atoms with Crippen LogP contribution in [0.5, 0.6) is 5.75 Å². The van der Waals surface area contributed by atoms with Gasteiger partial charge in [0.05, 0.1) is 5.54 Å². The smallest absolute Gasteiger partial charge is 0.258 e. The molecule has 0 aliphatic heterocycles. The van der Waals surface area contributed by atoms with Gasteiger partial charge in [0.15, 0.2) is 6.61 Å². The fraction of sp³-hybridized carbons (Fsp3) is 0.235. The van der Waals surface area contributed by atoms with Gasteiger partial charge in [0.1, 0.15) is 11.6 Å². The molecule has 0 heterocycles. The Morgan fingerprint density at radius 3 is 2.32 bits per heavy atom. The van der Waals surface area contributed by atoms with Gasteiger partial charge in [-0.25, -0.2) is 4.39 Å². The lowest BCUT2D eigenvalue weighted by Gasteiger charge is -2.27. The molecule has 0 saturated carbocycles. The van der Waals surface area contributed by atoms with Crippen molar-refractivity contribution in [3.8, 4) is 5.75 Å². The van der Waals surface area contributed by atoms with Crippen molar-refractivity contribution in [2.75, 3.05) is 6.61 Å². The molecule has 0 radical (unpaired) electrons. The van der Waals surface area contributed by atoms with Gasteiger partial charge in [0, 0.05) is 5.02 Å². The summed E-state index contributed by atoms with van der Waals surface area (Å²) in [5, 5.41) is 3.47. The molecule has 0 fully saturated rings. The first kappa shape index (κ1) is 16.3. The largest absolute Gasteiger partial charge is 0.484 e. The zero-order chi connectivity index (χ0) is 16.2. The van der Waals surface area contributed by atoms with Gasteiger partial charge in [0.2, 0.25) is 0 Å². The van der Waals surface area contributed by atoms with Crippen LogP contribution in [0.1, 0.15) is 19.4 Å². The SMILES string of the molecule is CC(C)(NC(=O)COc1ccc(Cl)cc1)c1ccc(F)cc1. The van der Waals surface area contributed by atoms with Gasteiger partial charge in [-0.1, -0.05) is 23.7 Å². The number of hydrogen-bond acceptors (Lipinski definition) is 2. The van der Waals surface area contributed by atoms with Gasteiger partial charge < -0.3 is 10.1 Å². The van der Waals surface area contributed by atoms with Crippen LogP contribution >= 0.6 is 11.6 Å². The highest BCUT2D eigenvalue weighted by Gasteiger charge is 2.22. The van der Waals surface area contributed by atoms with E-state index in [1.165, 1.54) is 12.1 Å². The molecule has 2 aromatic carbocycles. The van der Waals surface area contributed by atoms with Gasteiger partial charge in [-0.2, -0.15) is 0 Å². The Morgan fingerprint density at radius 1 is 1.14 bits per heavy atom. The molecular formula is C17H17ClFNO2. The van der Waals surface area contributed by atoms with Gasteiger partial charge in [0.25, 0.3) is 5.91 Å². The maximum absolute atomic E-state index is 13.0. The molecule has 116 valence electrons. The average molecular weight is 322 g/mol. The Morgan fingerprint density at radius 2 is 1.73 bits per heavy atom. The highest BCUT2D eigenvalue weighted by molar-refractivity contribution is 6.30. The zero-order valence-electron chi connectivity index (χ0n) is 12.4. The number of ether oxygens (including phenoxy) is 1. The van der Waals surface area contributed by atoms with E-state index in [9.17, 15) is 9.18 Å². The van der Waals surface area contributed by atoms with E-state index >= 15 is 0 Å². The van der Waals surface area contributed by atoms with Crippen LogP contribution in [0, 0.1) is 5.82 Å². The number of amides is 1. The van der Waals surface area contributed by atoms with Crippen molar-refractivity contribution < 1.29 is 13.9 Å². The third-order valence-electron chi connectivity index (χ3n) is 3.20.